The molecule has 2 N–H and O–H groups in total. The van der Waals surface area contributed by atoms with Crippen molar-refractivity contribution in [2.75, 3.05) is 49.6 Å². The molecule has 41 heavy (non-hydrogen) atoms. The fraction of sp³-hybridized carbons (Fsp3) is 0.333. The number of nitrogens with zero attached hydrogens (tertiary/aromatic N) is 4. The molecule has 2 fully saturated rings. The molecule has 4 heterocycles. The monoisotopic (exact) mass is 566 g/mol. The summed E-state index contributed by atoms with van der Waals surface area (Å²) in [5, 5.41) is 7.94. The molecule has 8 heteroatoms. The second-order valence-electron chi connectivity index (χ2n) is 10.7. The number of nitrogens with one attached hydrogen (secondary N) is 2. The summed E-state index contributed by atoms with van der Waals surface area (Å²) in [7, 11) is 0. The molecule has 0 aliphatic carbocycles. The van der Waals surface area contributed by atoms with Crippen molar-refractivity contribution in [1.82, 2.24) is 19.8 Å². The van der Waals surface area contributed by atoms with E-state index in [0.29, 0.717) is 0 Å². The third-order valence-corrected chi connectivity index (χ3v) is 8.50. The zero-order chi connectivity index (χ0) is 28.2. The van der Waals surface area contributed by atoms with Gasteiger partial charge in [-0.2, -0.15) is 0 Å². The molecule has 2 saturated heterocycles. The Morgan fingerprint density at radius 3 is 2.41 bits per heavy atom. The minimum absolute atomic E-state index is 0.0246. The van der Waals surface area contributed by atoms with Crippen molar-refractivity contribution in [2.24, 2.45) is 0 Å². The number of morpholine rings is 1. The lowest BCUT2D eigenvalue weighted by Crippen LogP contribution is -2.36. The highest BCUT2D eigenvalue weighted by molar-refractivity contribution is 7.80. The van der Waals surface area contributed by atoms with Crippen molar-refractivity contribution in [3.8, 4) is 5.69 Å². The molecule has 4 aromatic rings. The Labute approximate surface area is 248 Å². The van der Waals surface area contributed by atoms with Crippen LogP contribution in [0.3, 0.4) is 0 Å². The van der Waals surface area contributed by atoms with E-state index < -0.39 is 0 Å². The van der Waals surface area contributed by atoms with Crippen LogP contribution < -0.4 is 15.5 Å². The van der Waals surface area contributed by atoms with Gasteiger partial charge in [-0.15, -0.1) is 0 Å². The molecule has 6 rings (SSSR count). The van der Waals surface area contributed by atoms with Crippen molar-refractivity contribution < 1.29 is 4.74 Å². The van der Waals surface area contributed by atoms with E-state index in [0.717, 1.165) is 62.3 Å². The third kappa shape index (κ3) is 5.80. The van der Waals surface area contributed by atoms with Gasteiger partial charge < -0.3 is 29.7 Å². The summed E-state index contributed by atoms with van der Waals surface area (Å²) >= 11 is 5.94. The molecule has 2 aromatic heterocycles. The summed E-state index contributed by atoms with van der Waals surface area (Å²) in [5.41, 5.74) is 8.27. The number of ether oxygens (including phenoxy) is 1. The average Bonchev–Trinajstić information content (AvgIpc) is 3.50. The number of hydrogen-bond acceptors (Lipinski definition) is 5. The average molecular weight is 567 g/mol. The highest BCUT2D eigenvalue weighted by Gasteiger charge is 2.41. The van der Waals surface area contributed by atoms with Gasteiger partial charge in [0.15, 0.2) is 5.11 Å². The first-order valence-corrected chi connectivity index (χ1v) is 14.9. The second kappa shape index (κ2) is 12.3. The van der Waals surface area contributed by atoms with Crippen LogP contribution in [0.25, 0.3) is 5.69 Å². The first kappa shape index (κ1) is 27.3. The van der Waals surface area contributed by atoms with E-state index in [4.69, 9.17) is 21.9 Å². The highest BCUT2D eigenvalue weighted by Crippen LogP contribution is 2.41. The lowest BCUT2D eigenvalue weighted by atomic mass is 9.96. The number of aromatic nitrogens is 2. The van der Waals surface area contributed by atoms with Crippen molar-refractivity contribution in [3.63, 3.8) is 0 Å². The van der Waals surface area contributed by atoms with Gasteiger partial charge in [0.05, 0.1) is 31.0 Å². The molecule has 0 spiro atoms. The van der Waals surface area contributed by atoms with Gasteiger partial charge >= 0.3 is 0 Å². The van der Waals surface area contributed by atoms with Gasteiger partial charge in [-0.25, -0.2) is 0 Å². The molecular weight excluding hydrogens is 528 g/mol. The summed E-state index contributed by atoms with van der Waals surface area (Å²) in [6.45, 7) is 9.58. The van der Waals surface area contributed by atoms with Crippen molar-refractivity contribution in [1.29, 1.82) is 0 Å². The van der Waals surface area contributed by atoms with Gasteiger partial charge in [-0.3, -0.25) is 4.98 Å². The predicted octanol–water partition coefficient (Wildman–Crippen LogP) is 5.80. The number of para-hydroxylation sites is 1. The Morgan fingerprint density at radius 2 is 1.68 bits per heavy atom. The highest BCUT2D eigenvalue weighted by atomic mass is 32.1. The maximum Gasteiger partial charge on any atom is 0.170 e. The minimum atomic E-state index is -0.0246. The van der Waals surface area contributed by atoms with Crippen LogP contribution in [0.1, 0.15) is 41.1 Å². The number of pyridine rings is 1. The molecule has 2 aliphatic rings. The lowest BCUT2D eigenvalue weighted by Gasteiger charge is -2.29. The van der Waals surface area contributed by atoms with Crippen molar-refractivity contribution in [2.45, 2.75) is 32.4 Å². The Balaban J connectivity index is 1.27. The van der Waals surface area contributed by atoms with Gasteiger partial charge in [0.1, 0.15) is 0 Å². The van der Waals surface area contributed by atoms with E-state index in [2.05, 4.69) is 106 Å². The molecule has 0 radical (unpaired) electrons. The van der Waals surface area contributed by atoms with E-state index in [1.165, 1.54) is 28.3 Å². The standard InChI is InChI=1S/C33H38N6OS/c1-24-23-29(25(2)39(24)28-14-12-27(13-15-28)37-19-21-40-22-20-37)32-31(30-11-6-7-16-35-30)36-33(41)38(32)18-8-17-34-26-9-4-3-5-10-26/h3-7,9-16,23,31-32,34H,8,17-22H2,1-2H3,(H,36,41)/t31-,32-/m1/s1. The summed E-state index contributed by atoms with van der Waals surface area (Å²) in [6.07, 6.45) is 2.83. The van der Waals surface area contributed by atoms with Crippen molar-refractivity contribution in [3.05, 3.63) is 108 Å². The van der Waals surface area contributed by atoms with Gasteiger partial charge in [0.25, 0.3) is 0 Å². The van der Waals surface area contributed by atoms with Crippen LogP contribution in [0.2, 0.25) is 0 Å². The summed E-state index contributed by atoms with van der Waals surface area (Å²) < 4.78 is 7.90. The SMILES string of the molecule is Cc1cc([C@@H]2[C@@H](c3ccccn3)NC(=S)N2CCCNc2ccccc2)c(C)n1-c1ccc(N2CCOCC2)cc1. The topological polar surface area (TPSA) is 57.6 Å². The van der Waals surface area contributed by atoms with E-state index in [1.54, 1.807) is 0 Å². The first-order valence-electron chi connectivity index (χ1n) is 14.5. The molecule has 212 valence electrons. The molecule has 0 bridgehead atoms. The number of benzene rings is 2. The number of rotatable bonds is 9. The summed E-state index contributed by atoms with van der Waals surface area (Å²) in [4.78, 5) is 9.48. The Kier molecular flexibility index (Phi) is 8.21. The fourth-order valence-electron chi connectivity index (χ4n) is 6.14. The normalized spacial score (nSPS) is 18.9. The Morgan fingerprint density at radius 1 is 0.951 bits per heavy atom. The van der Waals surface area contributed by atoms with E-state index in [-0.39, 0.29) is 12.1 Å². The van der Waals surface area contributed by atoms with Crippen LogP contribution in [0, 0.1) is 13.8 Å². The summed E-state index contributed by atoms with van der Waals surface area (Å²) in [5.74, 6) is 0. The molecule has 0 saturated carbocycles. The maximum atomic E-state index is 5.94. The largest absolute Gasteiger partial charge is 0.385 e. The third-order valence-electron chi connectivity index (χ3n) is 8.15. The number of anilines is 2. The zero-order valence-corrected chi connectivity index (χ0v) is 24.6. The van der Waals surface area contributed by atoms with E-state index in [9.17, 15) is 0 Å². The first-order chi connectivity index (χ1) is 20.1. The van der Waals surface area contributed by atoms with Crippen LogP contribution in [-0.2, 0) is 4.74 Å². The van der Waals surface area contributed by atoms with Gasteiger partial charge in [-0.05, 0) is 92.6 Å². The molecule has 0 amide bonds. The smallest absolute Gasteiger partial charge is 0.170 e. The number of hydrogen-bond donors (Lipinski definition) is 2. The van der Waals surface area contributed by atoms with E-state index >= 15 is 0 Å². The van der Waals surface area contributed by atoms with Crippen LogP contribution in [-0.4, -0.2) is 59.0 Å². The van der Waals surface area contributed by atoms with E-state index in [1.807, 2.05) is 18.3 Å². The Bertz CT molecular complexity index is 1450. The van der Waals surface area contributed by atoms with Crippen LogP contribution in [0.4, 0.5) is 11.4 Å². The fourth-order valence-corrected chi connectivity index (χ4v) is 6.47. The molecule has 2 aromatic carbocycles. The molecule has 0 unspecified atom stereocenters. The van der Waals surface area contributed by atoms with Crippen molar-refractivity contribution >= 4 is 28.7 Å². The quantitative estimate of drug-likeness (QED) is 0.196. The Hall–Kier alpha value is -3.88. The van der Waals surface area contributed by atoms with Gasteiger partial charge in [0.2, 0.25) is 0 Å². The molecule has 2 aliphatic heterocycles. The molecule has 7 nitrogen and oxygen atoms in total. The molecule has 2 atom stereocenters. The molecular formula is C33H38N6OS. The maximum absolute atomic E-state index is 5.94. The predicted molar refractivity (Wildman–Crippen MR) is 170 cm³/mol. The summed E-state index contributed by atoms with van der Waals surface area (Å²) in [6, 6.07) is 27.7. The lowest BCUT2D eigenvalue weighted by molar-refractivity contribution is 0.122. The number of aryl methyl sites for hydroxylation is 1. The second-order valence-corrected chi connectivity index (χ2v) is 11.1. The zero-order valence-electron chi connectivity index (χ0n) is 23.8. The minimum Gasteiger partial charge on any atom is -0.385 e. The number of thiocarbonyl (C=S) groups is 1. The van der Waals surface area contributed by atoms with Crippen LogP contribution in [0.15, 0.2) is 85.1 Å². The van der Waals surface area contributed by atoms with Crippen LogP contribution >= 0.6 is 12.2 Å². The van der Waals surface area contributed by atoms with Gasteiger partial charge in [-0.1, -0.05) is 24.3 Å². The van der Waals surface area contributed by atoms with Gasteiger partial charge in [0, 0.05) is 60.8 Å². The van der Waals surface area contributed by atoms with Crippen LogP contribution in [0.5, 0.6) is 0 Å².